The van der Waals surface area contributed by atoms with Crippen molar-refractivity contribution in [3.63, 3.8) is 0 Å². The summed E-state index contributed by atoms with van der Waals surface area (Å²) in [5, 5.41) is 5.33. The van der Waals surface area contributed by atoms with E-state index in [1.165, 1.54) is 9.78 Å². The van der Waals surface area contributed by atoms with Crippen molar-refractivity contribution < 1.29 is 13.2 Å². The highest BCUT2D eigenvalue weighted by atomic mass is 32.1. The van der Waals surface area contributed by atoms with Crippen LogP contribution in [0.4, 0.5) is 13.2 Å². The molecule has 0 radical (unpaired) electrons. The Morgan fingerprint density at radius 1 is 1.52 bits per heavy atom. The fourth-order valence-corrected chi connectivity index (χ4v) is 3.41. The summed E-state index contributed by atoms with van der Waals surface area (Å²) in [5.74, 6) is 0.736. The minimum Gasteiger partial charge on any atom is -0.352 e. The lowest BCUT2D eigenvalue weighted by atomic mass is 10.2. The van der Waals surface area contributed by atoms with Crippen LogP contribution in [0, 0.1) is 0 Å². The van der Waals surface area contributed by atoms with Crippen molar-refractivity contribution in [3.05, 3.63) is 22.4 Å². The van der Waals surface area contributed by atoms with E-state index < -0.39 is 12.7 Å². The van der Waals surface area contributed by atoms with Gasteiger partial charge in [0.05, 0.1) is 6.54 Å². The number of likely N-dealkylation sites (N-methyl/N-ethyl adjacent to an activating group) is 1. The van der Waals surface area contributed by atoms with Gasteiger partial charge in [0.2, 0.25) is 0 Å². The molecule has 4 nitrogen and oxygen atoms in total. The number of guanidine groups is 1. The van der Waals surface area contributed by atoms with Gasteiger partial charge >= 0.3 is 6.18 Å². The van der Waals surface area contributed by atoms with Crippen molar-refractivity contribution in [2.75, 3.05) is 40.3 Å². The van der Waals surface area contributed by atoms with Crippen LogP contribution in [0.2, 0.25) is 0 Å². The maximum Gasteiger partial charge on any atom is 0.401 e. The molecule has 8 heteroatoms. The van der Waals surface area contributed by atoms with Gasteiger partial charge in [0.25, 0.3) is 0 Å². The topological polar surface area (TPSA) is 30.9 Å². The van der Waals surface area contributed by atoms with E-state index in [-0.39, 0.29) is 6.04 Å². The highest BCUT2D eigenvalue weighted by Gasteiger charge is 2.34. The molecule has 1 saturated heterocycles. The second-order valence-corrected chi connectivity index (χ2v) is 6.81. The molecular formula is C15H23F3N4S. The third-order valence-corrected chi connectivity index (χ3v) is 4.79. The lowest BCUT2D eigenvalue weighted by Crippen LogP contribution is -2.46. The smallest absolute Gasteiger partial charge is 0.352 e. The van der Waals surface area contributed by atoms with Gasteiger partial charge in [-0.1, -0.05) is 6.07 Å². The van der Waals surface area contributed by atoms with Crippen LogP contribution in [0.15, 0.2) is 22.5 Å². The summed E-state index contributed by atoms with van der Waals surface area (Å²) in [6.45, 7) is 0.849. The van der Waals surface area contributed by atoms with Gasteiger partial charge in [0, 0.05) is 44.6 Å². The third-order valence-electron chi connectivity index (χ3n) is 3.86. The van der Waals surface area contributed by atoms with E-state index in [9.17, 15) is 13.2 Å². The SMILES string of the molecule is CN=C(NC1CCN(CC(F)(F)F)C1)N(C)CCc1cccs1. The van der Waals surface area contributed by atoms with Crippen molar-refractivity contribution >= 4 is 17.3 Å². The number of rotatable bonds is 5. The molecule has 1 aromatic rings. The predicted molar refractivity (Wildman–Crippen MR) is 88.0 cm³/mol. The molecule has 1 atom stereocenters. The number of thiophene rings is 1. The molecule has 1 aliphatic rings. The Labute approximate surface area is 139 Å². The second kappa shape index (κ2) is 8.01. The summed E-state index contributed by atoms with van der Waals surface area (Å²) in [7, 11) is 3.65. The van der Waals surface area contributed by atoms with Gasteiger partial charge in [-0.25, -0.2) is 0 Å². The largest absolute Gasteiger partial charge is 0.401 e. The molecule has 2 rings (SSSR count). The van der Waals surface area contributed by atoms with Crippen LogP contribution in [0.25, 0.3) is 0 Å². The van der Waals surface area contributed by atoms with E-state index in [1.54, 1.807) is 18.4 Å². The fraction of sp³-hybridized carbons (Fsp3) is 0.667. The lowest BCUT2D eigenvalue weighted by molar-refractivity contribution is -0.143. The number of aliphatic imine (C=N–C) groups is 1. The number of likely N-dealkylation sites (tertiary alicyclic amines) is 1. The molecule has 1 aliphatic heterocycles. The number of hydrogen-bond acceptors (Lipinski definition) is 3. The quantitative estimate of drug-likeness (QED) is 0.655. The molecule has 23 heavy (non-hydrogen) atoms. The molecule has 0 saturated carbocycles. The molecule has 130 valence electrons. The summed E-state index contributed by atoms with van der Waals surface area (Å²) in [4.78, 5) is 9.02. The maximum absolute atomic E-state index is 12.4. The first-order valence-corrected chi connectivity index (χ1v) is 8.51. The van der Waals surface area contributed by atoms with Crippen LogP contribution in [0.3, 0.4) is 0 Å². The van der Waals surface area contributed by atoms with Gasteiger partial charge in [0.1, 0.15) is 0 Å². The van der Waals surface area contributed by atoms with Crippen LogP contribution < -0.4 is 5.32 Å². The van der Waals surface area contributed by atoms with Crippen LogP contribution in [0.5, 0.6) is 0 Å². The zero-order valence-electron chi connectivity index (χ0n) is 13.4. The van der Waals surface area contributed by atoms with E-state index in [2.05, 4.69) is 21.8 Å². The monoisotopic (exact) mass is 348 g/mol. The molecule has 0 aliphatic carbocycles. The van der Waals surface area contributed by atoms with Gasteiger partial charge in [-0.15, -0.1) is 11.3 Å². The molecule has 0 spiro atoms. The standard InChI is InChI=1S/C15H23F3N4S/c1-19-14(21(2)7-6-13-4-3-9-23-13)20-12-5-8-22(10-12)11-15(16,17)18/h3-4,9,12H,5-8,10-11H2,1-2H3,(H,19,20). The lowest BCUT2D eigenvalue weighted by Gasteiger charge is -2.25. The van der Waals surface area contributed by atoms with E-state index in [1.807, 2.05) is 18.0 Å². The Kier molecular flexibility index (Phi) is 6.29. The summed E-state index contributed by atoms with van der Waals surface area (Å²) in [5.41, 5.74) is 0. The summed E-state index contributed by atoms with van der Waals surface area (Å²) in [6.07, 6.45) is -2.50. The summed E-state index contributed by atoms with van der Waals surface area (Å²) in [6, 6.07) is 4.14. The first-order chi connectivity index (χ1) is 10.9. The first-order valence-electron chi connectivity index (χ1n) is 7.63. The second-order valence-electron chi connectivity index (χ2n) is 5.78. The molecule has 1 unspecified atom stereocenters. The molecule has 0 bridgehead atoms. The average molecular weight is 348 g/mol. The zero-order valence-corrected chi connectivity index (χ0v) is 14.3. The van der Waals surface area contributed by atoms with Gasteiger partial charge in [-0.05, 0) is 24.3 Å². The van der Waals surface area contributed by atoms with Gasteiger partial charge in [0.15, 0.2) is 5.96 Å². The van der Waals surface area contributed by atoms with Crippen molar-refractivity contribution in [3.8, 4) is 0 Å². The van der Waals surface area contributed by atoms with Crippen molar-refractivity contribution in [2.24, 2.45) is 4.99 Å². The molecule has 0 amide bonds. The maximum atomic E-state index is 12.4. The summed E-state index contributed by atoms with van der Waals surface area (Å²) >= 11 is 1.72. The van der Waals surface area contributed by atoms with Crippen LogP contribution in [-0.4, -0.2) is 68.3 Å². The molecule has 1 aromatic heterocycles. The van der Waals surface area contributed by atoms with Gasteiger partial charge < -0.3 is 10.2 Å². The number of hydrogen-bond donors (Lipinski definition) is 1. The normalized spacial score (nSPS) is 20.0. The highest BCUT2D eigenvalue weighted by molar-refractivity contribution is 7.09. The number of nitrogens with one attached hydrogen (secondary N) is 1. The molecule has 0 aromatic carbocycles. The van der Waals surface area contributed by atoms with Crippen molar-refractivity contribution in [2.45, 2.75) is 25.1 Å². The van der Waals surface area contributed by atoms with Gasteiger partial charge in [-0.3, -0.25) is 9.89 Å². The molecule has 1 N–H and O–H groups in total. The number of alkyl halides is 3. The Morgan fingerprint density at radius 2 is 2.30 bits per heavy atom. The minimum atomic E-state index is -4.13. The van der Waals surface area contributed by atoms with E-state index in [4.69, 9.17) is 0 Å². The third kappa shape index (κ3) is 6.02. The van der Waals surface area contributed by atoms with E-state index >= 15 is 0 Å². The Bertz CT molecular complexity index is 501. The van der Waals surface area contributed by atoms with E-state index in [0.29, 0.717) is 19.5 Å². The van der Waals surface area contributed by atoms with E-state index in [0.717, 1.165) is 18.9 Å². The fourth-order valence-electron chi connectivity index (χ4n) is 2.71. The Morgan fingerprint density at radius 3 is 2.91 bits per heavy atom. The Hall–Kier alpha value is -1.28. The average Bonchev–Trinajstić information content (AvgIpc) is 3.12. The van der Waals surface area contributed by atoms with Crippen LogP contribution >= 0.6 is 11.3 Å². The van der Waals surface area contributed by atoms with Crippen LogP contribution in [0.1, 0.15) is 11.3 Å². The summed E-state index contributed by atoms with van der Waals surface area (Å²) < 4.78 is 37.3. The molecule has 2 heterocycles. The van der Waals surface area contributed by atoms with Crippen molar-refractivity contribution in [1.29, 1.82) is 0 Å². The van der Waals surface area contributed by atoms with Gasteiger partial charge in [-0.2, -0.15) is 13.2 Å². The molecular weight excluding hydrogens is 325 g/mol. The van der Waals surface area contributed by atoms with Crippen LogP contribution in [-0.2, 0) is 6.42 Å². The minimum absolute atomic E-state index is 0.0141. The number of halogens is 3. The predicted octanol–water partition coefficient (Wildman–Crippen LogP) is 2.43. The zero-order chi connectivity index (χ0) is 16.9. The number of nitrogens with zero attached hydrogens (tertiary/aromatic N) is 3. The first kappa shape index (κ1) is 18.1. The molecule has 1 fully saturated rings. The van der Waals surface area contributed by atoms with Crippen molar-refractivity contribution in [1.82, 2.24) is 15.1 Å². The highest BCUT2D eigenvalue weighted by Crippen LogP contribution is 2.20. The Balaban J connectivity index is 1.78.